The molecule has 0 bridgehead atoms. The lowest BCUT2D eigenvalue weighted by molar-refractivity contribution is 0.0852. The quantitative estimate of drug-likeness (QED) is 0.771. The largest absolute Gasteiger partial charge is 0.325 e. The maximum absolute atomic E-state index is 12.8. The molecule has 0 unspecified atom stereocenters. The maximum Gasteiger partial charge on any atom is 0.320 e. The highest BCUT2D eigenvalue weighted by atomic mass is 16.2. The number of hydrogen-bond donors (Lipinski definition) is 0. The summed E-state index contributed by atoms with van der Waals surface area (Å²) in [4.78, 5) is 31.1. The first-order valence-corrected chi connectivity index (χ1v) is 9.24. The Kier molecular flexibility index (Phi) is 6.59. The third-order valence-electron chi connectivity index (χ3n) is 5.00. The summed E-state index contributed by atoms with van der Waals surface area (Å²) in [6.07, 6.45) is 0. The number of urea groups is 1. The van der Waals surface area contributed by atoms with E-state index in [2.05, 4.69) is 24.0 Å². The highest BCUT2D eigenvalue weighted by molar-refractivity contribution is 6.00. The molecule has 0 atom stereocenters. The number of rotatable bonds is 5. The van der Waals surface area contributed by atoms with Gasteiger partial charge < -0.3 is 9.80 Å². The van der Waals surface area contributed by atoms with Crippen LogP contribution in [-0.2, 0) is 0 Å². The molecular weight excluding hydrogens is 314 g/mol. The fourth-order valence-electron chi connectivity index (χ4n) is 3.69. The number of piperazine rings is 1. The molecule has 1 aromatic carbocycles. The predicted molar refractivity (Wildman–Crippen MR) is 101 cm³/mol. The molecule has 0 aliphatic carbocycles. The van der Waals surface area contributed by atoms with Crippen LogP contribution < -0.4 is 0 Å². The Hall–Kier alpha value is -1.88. The van der Waals surface area contributed by atoms with Crippen molar-refractivity contribution >= 4 is 11.8 Å². The van der Waals surface area contributed by atoms with Crippen LogP contribution in [0.5, 0.6) is 0 Å². The van der Waals surface area contributed by atoms with Crippen molar-refractivity contribution in [3.8, 4) is 0 Å². The lowest BCUT2D eigenvalue weighted by atomic mass is 9.96. The van der Waals surface area contributed by atoms with Gasteiger partial charge in [-0.2, -0.15) is 0 Å². The van der Waals surface area contributed by atoms with Gasteiger partial charge in [0.2, 0.25) is 0 Å². The van der Waals surface area contributed by atoms with Crippen LogP contribution in [0.15, 0.2) is 12.1 Å². The molecule has 1 aromatic rings. The number of carbonyl (C=O) groups excluding carboxylic acids is 2. The van der Waals surface area contributed by atoms with E-state index in [0.29, 0.717) is 19.6 Å². The van der Waals surface area contributed by atoms with Crippen molar-refractivity contribution in [2.75, 3.05) is 45.8 Å². The smallest absolute Gasteiger partial charge is 0.320 e. The molecule has 5 nitrogen and oxygen atoms in total. The molecule has 1 aliphatic heterocycles. The summed E-state index contributed by atoms with van der Waals surface area (Å²) in [7, 11) is 0. The van der Waals surface area contributed by atoms with E-state index in [0.717, 1.165) is 42.9 Å². The second kappa shape index (κ2) is 8.48. The van der Waals surface area contributed by atoms with Gasteiger partial charge in [-0.1, -0.05) is 17.7 Å². The zero-order valence-corrected chi connectivity index (χ0v) is 16.3. The number of ketones is 1. The van der Waals surface area contributed by atoms with Gasteiger partial charge in [-0.25, -0.2) is 4.79 Å². The number of carbonyl (C=O) groups is 2. The first-order valence-electron chi connectivity index (χ1n) is 9.24. The van der Waals surface area contributed by atoms with Gasteiger partial charge in [-0.3, -0.25) is 9.69 Å². The van der Waals surface area contributed by atoms with Crippen LogP contribution in [0.2, 0.25) is 0 Å². The summed E-state index contributed by atoms with van der Waals surface area (Å²) in [6, 6.07) is 4.25. The third-order valence-corrected chi connectivity index (χ3v) is 5.00. The average Bonchev–Trinajstić information content (AvgIpc) is 2.55. The van der Waals surface area contributed by atoms with Crippen molar-refractivity contribution in [1.82, 2.24) is 14.7 Å². The van der Waals surface area contributed by atoms with Gasteiger partial charge in [0.1, 0.15) is 0 Å². The van der Waals surface area contributed by atoms with E-state index in [1.165, 1.54) is 5.56 Å². The van der Waals surface area contributed by atoms with Gasteiger partial charge in [-0.15, -0.1) is 0 Å². The molecule has 0 aromatic heterocycles. The normalized spacial score (nSPS) is 15.3. The van der Waals surface area contributed by atoms with Crippen LogP contribution in [-0.4, -0.2) is 72.3 Å². The first kappa shape index (κ1) is 19.4. The Bertz CT molecular complexity index is 607. The number of nitrogens with zero attached hydrogens (tertiary/aromatic N) is 3. The van der Waals surface area contributed by atoms with E-state index in [1.807, 2.05) is 37.5 Å². The fraction of sp³-hybridized carbons (Fsp3) is 0.600. The Morgan fingerprint density at radius 3 is 1.96 bits per heavy atom. The molecule has 2 amide bonds. The Balaban J connectivity index is 1.94. The molecule has 0 radical (unpaired) electrons. The number of aryl methyl sites for hydroxylation is 3. The molecule has 138 valence electrons. The fourth-order valence-corrected chi connectivity index (χ4v) is 3.69. The molecule has 25 heavy (non-hydrogen) atoms. The lowest BCUT2D eigenvalue weighted by Gasteiger charge is -2.37. The minimum atomic E-state index is 0.112. The third kappa shape index (κ3) is 4.60. The standard InChI is InChI=1S/C20H31N3O2/c1-6-22(7-2)20(25)23-10-8-21(9-11-23)14-18(24)19-16(4)12-15(3)13-17(19)5/h12-13H,6-11,14H2,1-5H3. The molecule has 1 aliphatic rings. The highest BCUT2D eigenvalue weighted by Crippen LogP contribution is 2.18. The summed E-state index contributed by atoms with van der Waals surface area (Å²) < 4.78 is 0. The van der Waals surface area contributed by atoms with Gasteiger partial charge >= 0.3 is 6.03 Å². The van der Waals surface area contributed by atoms with Crippen molar-refractivity contribution < 1.29 is 9.59 Å². The number of hydrogen-bond acceptors (Lipinski definition) is 3. The highest BCUT2D eigenvalue weighted by Gasteiger charge is 2.25. The van der Waals surface area contributed by atoms with E-state index in [4.69, 9.17) is 0 Å². The summed E-state index contributed by atoms with van der Waals surface area (Å²) in [5.41, 5.74) is 4.15. The zero-order chi connectivity index (χ0) is 18.6. The van der Waals surface area contributed by atoms with Crippen LogP contribution in [0.25, 0.3) is 0 Å². The monoisotopic (exact) mass is 345 g/mol. The zero-order valence-electron chi connectivity index (χ0n) is 16.3. The second-order valence-corrected chi connectivity index (χ2v) is 6.91. The van der Waals surface area contributed by atoms with Crippen molar-refractivity contribution in [3.63, 3.8) is 0 Å². The Morgan fingerprint density at radius 2 is 1.48 bits per heavy atom. The van der Waals surface area contributed by atoms with Crippen LogP contribution in [0, 0.1) is 20.8 Å². The van der Waals surface area contributed by atoms with Crippen molar-refractivity contribution in [2.45, 2.75) is 34.6 Å². The molecule has 1 saturated heterocycles. The molecule has 0 N–H and O–H groups in total. The molecule has 5 heteroatoms. The van der Waals surface area contributed by atoms with E-state index < -0.39 is 0 Å². The molecule has 0 spiro atoms. The SMILES string of the molecule is CCN(CC)C(=O)N1CCN(CC(=O)c2c(C)cc(C)cc2C)CC1. The molecule has 0 saturated carbocycles. The molecular formula is C20H31N3O2. The maximum atomic E-state index is 12.8. The summed E-state index contributed by atoms with van der Waals surface area (Å²) in [6.45, 7) is 14.9. The van der Waals surface area contributed by atoms with Crippen LogP contribution >= 0.6 is 0 Å². The molecule has 1 fully saturated rings. The van der Waals surface area contributed by atoms with Crippen LogP contribution in [0.1, 0.15) is 40.9 Å². The molecule has 1 heterocycles. The summed E-state index contributed by atoms with van der Waals surface area (Å²) in [5, 5.41) is 0. The van der Waals surface area contributed by atoms with Gasteiger partial charge in [0.25, 0.3) is 0 Å². The minimum absolute atomic E-state index is 0.112. The van der Waals surface area contributed by atoms with E-state index in [1.54, 1.807) is 0 Å². The lowest BCUT2D eigenvalue weighted by Crippen LogP contribution is -2.53. The Morgan fingerprint density at radius 1 is 0.960 bits per heavy atom. The van der Waals surface area contributed by atoms with E-state index >= 15 is 0 Å². The first-order chi connectivity index (χ1) is 11.9. The van der Waals surface area contributed by atoms with E-state index in [-0.39, 0.29) is 11.8 Å². The van der Waals surface area contributed by atoms with E-state index in [9.17, 15) is 9.59 Å². The average molecular weight is 345 g/mol. The van der Waals surface area contributed by atoms with Crippen molar-refractivity contribution in [3.05, 3.63) is 34.4 Å². The Labute approximate surface area is 151 Å². The number of Topliss-reactive ketones (excluding diaryl/α,β-unsaturated/α-hetero) is 1. The van der Waals surface area contributed by atoms with Gasteiger partial charge in [0, 0.05) is 44.8 Å². The predicted octanol–water partition coefficient (Wildman–Crippen LogP) is 2.87. The minimum Gasteiger partial charge on any atom is -0.325 e. The summed E-state index contributed by atoms with van der Waals surface area (Å²) in [5.74, 6) is 0.179. The number of amides is 2. The number of benzene rings is 1. The van der Waals surface area contributed by atoms with Crippen molar-refractivity contribution in [2.24, 2.45) is 0 Å². The molecule has 2 rings (SSSR count). The summed E-state index contributed by atoms with van der Waals surface area (Å²) >= 11 is 0. The van der Waals surface area contributed by atoms with Crippen LogP contribution in [0.4, 0.5) is 4.79 Å². The second-order valence-electron chi connectivity index (χ2n) is 6.91. The van der Waals surface area contributed by atoms with Gasteiger partial charge in [-0.05, 0) is 45.7 Å². The van der Waals surface area contributed by atoms with Gasteiger partial charge in [0.05, 0.1) is 6.54 Å². The van der Waals surface area contributed by atoms with Crippen LogP contribution in [0.3, 0.4) is 0 Å². The topological polar surface area (TPSA) is 43.9 Å². The van der Waals surface area contributed by atoms with Crippen molar-refractivity contribution in [1.29, 1.82) is 0 Å². The van der Waals surface area contributed by atoms with Gasteiger partial charge in [0.15, 0.2) is 5.78 Å².